The molecule has 0 aliphatic carbocycles. The third kappa shape index (κ3) is 4.38. The summed E-state index contributed by atoms with van der Waals surface area (Å²) in [6, 6.07) is 17.8. The Labute approximate surface area is 165 Å². The Hall–Kier alpha value is -2.76. The Kier molecular flexibility index (Phi) is 5.65. The highest BCUT2D eigenvalue weighted by molar-refractivity contribution is 5.33. The predicted molar refractivity (Wildman–Crippen MR) is 108 cm³/mol. The number of piperidine rings is 1. The maximum absolute atomic E-state index is 11.0. The van der Waals surface area contributed by atoms with E-state index in [9.17, 15) is 5.11 Å². The molecule has 0 atom stereocenters. The van der Waals surface area contributed by atoms with Crippen molar-refractivity contribution in [1.82, 2.24) is 14.9 Å². The standard InChI is InChI=1S/C23H25N3O2/c27-23(20-7-5-12-24-16-20)10-14-26(15-11-23)17-19-6-1-2-9-22(19)28-18-21-8-3-4-13-25-21/h1-9,12-13,16,27H,10-11,14-15,17-18H2. The molecule has 1 aliphatic rings. The van der Waals surface area contributed by atoms with E-state index >= 15 is 0 Å². The summed E-state index contributed by atoms with van der Waals surface area (Å²) in [7, 11) is 0. The van der Waals surface area contributed by atoms with Crippen LogP contribution in [-0.2, 0) is 18.8 Å². The van der Waals surface area contributed by atoms with Crippen molar-refractivity contribution in [2.75, 3.05) is 13.1 Å². The van der Waals surface area contributed by atoms with Crippen molar-refractivity contribution in [3.63, 3.8) is 0 Å². The van der Waals surface area contributed by atoms with Gasteiger partial charge in [-0.25, -0.2) is 0 Å². The Balaban J connectivity index is 1.38. The Morgan fingerprint density at radius 3 is 2.54 bits per heavy atom. The molecule has 0 saturated carbocycles. The van der Waals surface area contributed by atoms with Gasteiger partial charge < -0.3 is 9.84 Å². The zero-order chi connectivity index (χ0) is 19.2. The average molecular weight is 375 g/mol. The van der Waals surface area contributed by atoms with Gasteiger partial charge in [-0.3, -0.25) is 14.9 Å². The number of hydrogen-bond acceptors (Lipinski definition) is 5. The van der Waals surface area contributed by atoms with E-state index in [1.165, 1.54) is 0 Å². The van der Waals surface area contributed by atoms with Gasteiger partial charge in [0.25, 0.3) is 0 Å². The van der Waals surface area contributed by atoms with Gasteiger partial charge in [0, 0.05) is 49.4 Å². The summed E-state index contributed by atoms with van der Waals surface area (Å²) >= 11 is 0. The Morgan fingerprint density at radius 1 is 0.964 bits per heavy atom. The topological polar surface area (TPSA) is 58.5 Å². The second-order valence-corrected chi connectivity index (χ2v) is 7.27. The quantitative estimate of drug-likeness (QED) is 0.714. The first-order valence-corrected chi connectivity index (χ1v) is 9.69. The minimum absolute atomic E-state index is 0.457. The number of pyridine rings is 2. The van der Waals surface area contributed by atoms with Crippen LogP contribution in [0.3, 0.4) is 0 Å². The van der Waals surface area contributed by atoms with Crippen molar-refractivity contribution >= 4 is 0 Å². The molecule has 0 amide bonds. The molecule has 0 unspecified atom stereocenters. The number of rotatable bonds is 6. The molecule has 1 saturated heterocycles. The minimum Gasteiger partial charge on any atom is -0.487 e. The van der Waals surface area contributed by atoms with Gasteiger partial charge in [-0.05, 0) is 37.1 Å². The molecule has 1 aromatic carbocycles. The number of para-hydroxylation sites is 1. The van der Waals surface area contributed by atoms with Crippen molar-refractivity contribution in [3.05, 3.63) is 90.0 Å². The maximum Gasteiger partial charge on any atom is 0.130 e. The highest BCUT2D eigenvalue weighted by Gasteiger charge is 2.34. The smallest absolute Gasteiger partial charge is 0.130 e. The van der Waals surface area contributed by atoms with Crippen molar-refractivity contribution < 1.29 is 9.84 Å². The highest BCUT2D eigenvalue weighted by Crippen LogP contribution is 2.33. The van der Waals surface area contributed by atoms with Crippen molar-refractivity contribution in [2.24, 2.45) is 0 Å². The van der Waals surface area contributed by atoms with Crippen LogP contribution in [0.5, 0.6) is 5.75 Å². The normalized spacial score (nSPS) is 16.6. The lowest BCUT2D eigenvalue weighted by atomic mass is 9.85. The number of likely N-dealkylation sites (tertiary alicyclic amines) is 1. The molecule has 144 valence electrons. The second-order valence-electron chi connectivity index (χ2n) is 7.27. The molecule has 4 rings (SSSR count). The summed E-state index contributed by atoms with van der Waals surface area (Å²) in [4.78, 5) is 10.8. The van der Waals surface area contributed by atoms with Crippen molar-refractivity contribution in [3.8, 4) is 5.75 Å². The molecule has 3 aromatic rings. The number of aliphatic hydroxyl groups is 1. The molecule has 1 aliphatic heterocycles. The van der Waals surface area contributed by atoms with Gasteiger partial charge in [0.2, 0.25) is 0 Å². The first-order valence-electron chi connectivity index (χ1n) is 9.69. The zero-order valence-electron chi connectivity index (χ0n) is 15.9. The van der Waals surface area contributed by atoms with Crippen LogP contribution in [0.15, 0.2) is 73.2 Å². The van der Waals surface area contributed by atoms with Gasteiger partial charge in [-0.2, -0.15) is 0 Å². The third-order valence-electron chi connectivity index (χ3n) is 5.35. The van der Waals surface area contributed by atoms with Gasteiger partial charge in [0.15, 0.2) is 0 Å². The largest absolute Gasteiger partial charge is 0.487 e. The van der Waals surface area contributed by atoms with Crippen molar-refractivity contribution in [1.29, 1.82) is 0 Å². The Bertz CT molecular complexity index is 879. The molecule has 28 heavy (non-hydrogen) atoms. The first kappa shape index (κ1) is 18.6. The van der Waals surface area contributed by atoms with Gasteiger partial charge in [-0.1, -0.05) is 30.3 Å². The first-order chi connectivity index (χ1) is 13.7. The fraction of sp³-hybridized carbons (Fsp3) is 0.304. The number of ether oxygens (including phenoxy) is 1. The average Bonchev–Trinajstić information content (AvgIpc) is 2.76. The van der Waals surface area contributed by atoms with Crippen LogP contribution in [0.2, 0.25) is 0 Å². The van der Waals surface area contributed by atoms with Gasteiger partial charge in [-0.15, -0.1) is 0 Å². The van der Waals surface area contributed by atoms with Crippen LogP contribution in [0.25, 0.3) is 0 Å². The molecule has 1 N–H and O–H groups in total. The summed E-state index contributed by atoms with van der Waals surface area (Å²) in [5.41, 5.74) is 2.20. The molecule has 3 heterocycles. The van der Waals surface area contributed by atoms with Gasteiger partial charge in [0.1, 0.15) is 12.4 Å². The van der Waals surface area contributed by atoms with E-state index in [-0.39, 0.29) is 0 Å². The van der Waals surface area contributed by atoms with Crippen molar-refractivity contribution in [2.45, 2.75) is 31.6 Å². The monoisotopic (exact) mass is 375 g/mol. The molecular weight excluding hydrogens is 350 g/mol. The lowest BCUT2D eigenvalue weighted by Crippen LogP contribution is -2.42. The van der Waals surface area contributed by atoms with Crippen LogP contribution in [0, 0.1) is 0 Å². The van der Waals surface area contributed by atoms with E-state index in [1.807, 2.05) is 48.5 Å². The Morgan fingerprint density at radius 2 is 1.79 bits per heavy atom. The fourth-order valence-electron chi connectivity index (χ4n) is 3.66. The number of benzene rings is 1. The molecule has 0 spiro atoms. The van der Waals surface area contributed by atoms with E-state index in [4.69, 9.17) is 4.74 Å². The third-order valence-corrected chi connectivity index (χ3v) is 5.35. The van der Waals surface area contributed by atoms with Crippen LogP contribution in [0.1, 0.15) is 29.7 Å². The lowest BCUT2D eigenvalue weighted by Gasteiger charge is -2.38. The van der Waals surface area contributed by atoms with E-state index < -0.39 is 5.60 Å². The highest BCUT2D eigenvalue weighted by atomic mass is 16.5. The van der Waals surface area contributed by atoms with E-state index in [0.29, 0.717) is 19.4 Å². The van der Waals surface area contributed by atoms with Crippen LogP contribution < -0.4 is 4.74 Å². The van der Waals surface area contributed by atoms with Gasteiger partial charge >= 0.3 is 0 Å². The summed E-state index contributed by atoms with van der Waals surface area (Å²) in [5.74, 6) is 0.890. The molecular formula is C23H25N3O2. The number of nitrogens with zero attached hydrogens (tertiary/aromatic N) is 3. The minimum atomic E-state index is -0.778. The van der Waals surface area contributed by atoms with Crippen LogP contribution >= 0.6 is 0 Å². The van der Waals surface area contributed by atoms with E-state index in [2.05, 4.69) is 20.9 Å². The fourth-order valence-corrected chi connectivity index (χ4v) is 3.66. The summed E-state index contributed by atoms with van der Waals surface area (Å²) in [6.07, 6.45) is 6.70. The second kappa shape index (κ2) is 8.50. The van der Waals surface area contributed by atoms with E-state index in [0.717, 1.165) is 42.2 Å². The molecule has 0 radical (unpaired) electrons. The molecule has 5 heteroatoms. The van der Waals surface area contributed by atoms with Crippen LogP contribution in [-0.4, -0.2) is 33.1 Å². The SMILES string of the molecule is OC1(c2cccnc2)CCN(Cc2ccccc2OCc2ccccn2)CC1. The molecule has 2 aromatic heterocycles. The summed E-state index contributed by atoms with van der Waals surface area (Å²) < 4.78 is 6.03. The number of aromatic nitrogens is 2. The zero-order valence-corrected chi connectivity index (χ0v) is 15.9. The summed E-state index contributed by atoms with van der Waals surface area (Å²) in [6.45, 7) is 2.93. The summed E-state index contributed by atoms with van der Waals surface area (Å²) in [5, 5.41) is 11.0. The molecule has 5 nitrogen and oxygen atoms in total. The van der Waals surface area contributed by atoms with Crippen LogP contribution in [0.4, 0.5) is 0 Å². The molecule has 1 fully saturated rings. The van der Waals surface area contributed by atoms with Gasteiger partial charge in [0.05, 0.1) is 11.3 Å². The predicted octanol–water partition coefficient (Wildman–Crippen LogP) is 3.54. The maximum atomic E-state index is 11.0. The molecule has 0 bridgehead atoms. The number of hydrogen-bond donors (Lipinski definition) is 1. The lowest BCUT2D eigenvalue weighted by molar-refractivity contribution is -0.0281. The van der Waals surface area contributed by atoms with E-state index in [1.54, 1.807) is 18.6 Å².